The van der Waals surface area contributed by atoms with Gasteiger partial charge >= 0.3 is 0 Å². The zero-order valence-corrected chi connectivity index (χ0v) is 12.2. The Morgan fingerprint density at radius 3 is 3.00 bits per heavy atom. The highest BCUT2D eigenvalue weighted by atomic mass is 16.5. The van der Waals surface area contributed by atoms with E-state index in [1.54, 1.807) is 13.3 Å². The normalized spacial score (nSPS) is 11.4. The predicted molar refractivity (Wildman–Crippen MR) is 73.3 cm³/mol. The fourth-order valence-electron chi connectivity index (χ4n) is 1.74. The minimum atomic E-state index is 0.269. The van der Waals surface area contributed by atoms with Crippen LogP contribution in [0.15, 0.2) is 16.9 Å². The van der Waals surface area contributed by atoms with Crippen LogP contribution in [0.4, 0.5) is 0 Å². The molecule has 0 aliphatic carbocycles. The molecule has 0 spiro atoms. The summed E-state index contributed by atoms with van der Waals surface area (Å²) < 4.78 is 12.2. The summed E-state index contributed by atoms with van der Waals surface area (Å²) >= 11 is 0. The third-order valence-electron chi connectivity index (χ3n) is 2.87. The third kappa shape index (κ3) is 3.88. The number of nitrogens with zero attached hydrogens (tertiary/aromatic N) is 4. The van der Waals surface area contributed by atoms with E-state index < -0.39 is 0 Å². The monoisotopic (exact) mass is 279 g/mol. The van der Waals surface area contributed by atoms with Gasteiger partial charge in [0.15, 0.2) is 5.82 Å². The van der Waals surface area contributed by atoms with Crippen molar-refractivity contribution in [2.75, 3.05) is 20.3 Å². The van der Waals surface area contributed by atoms with Crippen LogP contribution in [-0.4, -0.2) is 40.0 Å². The molecule has 2 rings (SSSR count). The summed E-state index contributed by atoms with van der Waals surface area (Å²) in [4.78, 5) is 8.69. The van der Waals surface area contributed by atoms with Crippen LogP contribution in [0.3, 0.4) is 0 Å². The van der Waals surface area contributed by atoms with E-state index in [9.17, 15) is 0 Å². The van der Waals surface area contributed by atoms with E-state index in [4.69, 9.17) is 9.26 Å². The second-order valence-corrected chi connectivity index (χ2v) is 4.84. The Hall–Kier alpha value is -1.73. The van der Waals surface area contributed by atoms with Crippen molar-refractivity contribution >= 4 is 0 Å². The Balaban J connectivity index is 1.93. The molecule has 0 radical (unpaired) electrons. The van der Waals surface area contributed by atoms with E-state index in [-0.39, 0.29) is 5.92 Å². The first-order valence-electron chi connectivity index (χ1n) is 6.73. The lowest BCUT2D eigenvalue weighted by Gasteiger charge is -2.06. The molecule has 0 amide bonds. The molecular weight excluding hydrogens is 258 g/mol. The first-order chi connectivity index (χ1) is 9.70. The molecule has 0 saturated carbocycles. The number of hydrogen-bond donors (Lipinski definition) is 1. The molecule has 1 N–H and O–H groups in total. The largest absolute Gasteiger partial charge is 0.383 e. The molecule has 2 heterocycles. The Morgan fingerprint density at radius 2 is 2.30 bits per heavy atom. The number of ether oxygens (including phenoxy) is 1. The quantitative estimate of drug-likeness (QED) is 0.731. The maximum atomic E-state index is 5.25. The Labute approximate surface area is 118 Å². The second kappa shape index (κ2) is 7.16. The van der Waals surface area contributed by atoms with E-state index in [1.807, 2.05) is 24.6 Å². The highest BCUT2D eigenvalue weighted by Gasteiger charge is 2.11. The molecule has 110 valence electrons. The lowest BCUT2D eigenvalue weighted by atomic mass is 10.2. The van der Waals surface area contributed by atoms with E-state index in [2.05, 4.69) is 20.4 Å². The summed E-state index contributed by atoms with van der Waals surface area (Å²) in [7, 11) is 1.69. The van der Waals surface area contributed by atoms with Crippen LogP contribution in [-0.2, 0) is 17.8 Å². The molecule has 0 atom stereocenters. The highest BCUT2D eigenvalue weighted by molar-refractivity contribution is 4.97. The number of nitrogens with one attached hydrogen (secondary N) is 1. The molecule has 2 aromatic rings. The van der Waals surface area contributed by atoms with Crippen molar-refractivity contribution in [2.24, 2.45) is 0 Å². The lowest BCUT2D eigenvalue weighted by molar-refractivity contribution is 0.199. The second-order valence-electron chi connectivity index (χ2n) is 4.84. The summed E-state index contributed by atoms with van der Waals surface area (Å²) in [5, 5.41) is 7.22. The zero-order valence-electron chi connectivity index (χ0n) is 12.2. The van der Waals surface area contributed by atoms with Crippen LogP contribution in [0.25, 0.3) is 0 Å². The van der Waals surface area contributed by atoms with Crippen LogP contribution in [0.2, 0.25) is 0 Å². The summed E-state index contributed by atoms with van der Waals surface area (Å²) in [5.41, 5.74) is 0. The maximum Gasteiger partial charge on any atom is 0.246 e. The molecule has 20 heavy (non-hydrogen) atoms. The van der Waals surface area contributed by atoms with Gasteiger partial charge in [0.1, 0.15) is 12.4 Å². The van der Waals surface area contributed by atoms with Gasteiger partial charge in [-0.1, -0.05) is 19.0 Å². The lowest BCUT2D eigenvalue weighted by Crippen LogP contribution is -2.21. The average molecular weight is 279 g/mol. The molecular formula is C13H21N5O2. The van der Waals surface area contributed by atoms with Crippen LogP contribution in [0.1, 0.15) is 37.3 Å². The number of hydrogen-bond acceptors (Lipinski definition) is 6. The first kappa shape index (κ1) is 14.7. The fourth-order valence-corrected chi connectivity index (χ4v) is 1.74. The van der Waals surface area contributed by atoms with Crippen molar-refractivity contribution in [3.05, 3.63) is 29.9 Å². The van der Waals surface area contributed by atoms with Crippen LogP contribution in [0.5, 0.6) is 0 Å². The summed E-state index contributed by atoms with van der Waals surface area (Å²) in [6.45, 7) is 6.78. The standard InChI is InChI=1S/C13H21N5O2/c1-10(2)13-16-12(20-17-13)9-18-6-4-15-11(18)8-14-5-7-19-3/h4,6,10,14H,5,7-9H2,1-3H3. The smallest absolute Gasteiger partial charge is 0.246 e. The van der Waals surface area contributed by atoms with E-state index in [0.29, 0.717) is 25.6 Å². The van der Waals surface area contributed by atoms with E-state index in [1.165, 1.54) is 0 Å². The first-order valence-corrected chi connectivity index (χ1v) is 6.73. The number of rotatable bonds is 8. The van der Waals surface area contributed by atoms with Crippen LogP contribution < -0.4 is 5.32 Å². The van der Waals surface area contributed by atoms with Gasteiger partial charge in [-0.05, 0) is 0 Å². The van der Waals surface area contributed by atoms with Crippen LogP contribution >= 0.6 is 0 Å². The van der Waals surface area contributed by atoms with Gasteiger partial charge in [-0.3, -0.25) is 0 Å². The maximum absolute atomic E-state index is 5.25. The Morgan fingerprint density at radius 1 is 1.45 bits per heavy atom. The average Bonchev–Trinajstić information content (AvgIpc) is 3.05. The molecule has 7 nitrogen and oxygen atoms in total. The highest BCUT2D eigenvalue weighted by Crippen LogP contribution is 2.11. The summed E-state index contributed by atoms with van der Waals surface area (Å²) in [6.07, 6.45) is 3.68. The van der Waals surface area contributed by atoms with Crippen LogP contribution in [0, 0.1) is 0 Å². The van der Waals surface area contributed by atoms with Gasteiger partial charge in [-0.15, -0.1) is 0 Å². The Bertz CT molecular complexity index is 520. The SMILES string of the molecule is COCCNCc1nccn1Cc1nc(C(C)C)no1. The number of aromatic nitrogens is 4. The number of imidazole rings is 1. The molecule has 0 fully saturated rings. The van der Waals surface area contributed by atoms with Gasteiger partial charge in [0.2, 0.25) is 5.89 Å². The molecule has 0 aromatic carbocycles. The molecule has 0 saturated heterocycles. The van der Waals surface area contributed by atoms with Gasteiger partial charge in [-0.25, -0.2) is 4.98 Å². The van der Waals surface area contributed by atoms with Crippen molar-refractivity contribution in [3.8, 4) is 0 Å². The van der Waals surface area contributed by atoms with Gasteiger partial charge in [0.25, 0.3) is 0 Å². The van der Waals surface area contributed by atoms with Crippen molar-refractivity contribution in [1.29, 1.82) is 0 Å². The number of methoxy groups -OCH3 is 1. The molecule has 0 unspecified atom stereocenters. The fraction of sp³-hybridized carbons (Fsp3) is 0.615. The van der Waals surface area contributed by atoms with E-state index >= 15 is 0 Å². The minimum Gasteiger partial charge on any atom is -0.383 e. The summed E-state index contributed by atoms with van der Waals surface area (Å²) in [5.74, 6) is 2.54. The van der Waals surface area contributed by atoms with E-state index in [0.717, 1.165) is 18.2 Å². The van der Waals surface area contributed by atoms with Gasteiger partial charge in [0.05, 0.1) is 13.2 Å². The van der Waals surface area contributed by atoms with Gasteiger partial charge < -0.3 is 19.1 Å². The molecule has 0 bridgehead atoms. The minimum absolute atomic E-state index is 0.269. The van der Waals surface area contributed by atoms with Crippen molar-refractivity contribution in [3.63, 3.8) is 0 Å². The zero-order chi connectivity index (χ0) is 14.4. The van der Waals surface area contributed by atoms with Crippen molar-refractivity contribution in [1.82, 2.24) is 25.0 Å². The molecule has 7 heteroatoms. The predicted octanol–water partition coefficient (Wildman–Crippen LogP) is 1.17. The molecule has 0 aliphatic heterocycles. The Kier molecular flexibility index (Phi) is 5.25. The molecule has 2 aromatic heterocycles. The molecule has 0 aliphatic rings. The third-order valence-corrected chi connectivity index (χ3v) is 2.87. The van der Waals surface area contributed by atoms with Gasteiger partial charge in [-0.2, -0.15) is 4.98 Å². The van der Waals surface area contributed by atoms with Gasteiger partial charge in [0, 0.05) is 32.0 Å². The van der Waals surface area contributed by atoms with Crippen molar-refractivity contribution < 1.29 is 9.26 Å². The topological polar surface area (TPSA) is 78.0 Å². The summed E-state index contributed by atoms with van der Waals surface area (Å²) in [6, 6.07) is 0. The van der Waals surface area contributed by atoms with Crippen molar-refractivity contribution in [2.45, 2.75) is 32.9 Å².